The van der Waals surface area contributed by atoms with Crippen LogP contribution in [0.1, 0.15) is 39.7 Å². The Kier molecular flexibility index (Phi) is 5.69. The van der Waals surface area contributed by atoms with Gasteiger partial charge in [0.15, 0.2) is 11.9 Å². The number of benzene rings is 1. The highest BCUT2D eigenvalue weighted by Crippen LogP contribution is 2.31. The lowest BCUT2D eigenvalue weighted by Gasteiger charge is -2.44. The zero-order chi connectivity index (χ0) is 20.5. The summed E-state index contributed by atoms with van der Waals surface area (Å²) in [5.74, 6) is -0.914. The highest BCUT2D eigenvalue weighted by molar-refractivity contribution is 6.37. The van der Waals surface area contributed by atoms with Crippen LogP contribution in [0.4, 0.5) is 4.39 Å². The normalized spacial score (nSPS) is 17.6. The number of ether oxygens (including phenoxy) is 1. The molecule has 2 heterocycles. The largest absolute Gasteiger partial charge is 0.461 e. The summed E-state index contributed by atoms with van der Waals surface area (Å²) >= 11 is 0. The molecule has 7 nitrogen and oxygen atoms in total. The number of carbonyl (C=O) groups is 1. The second kappa shape index (κ2) is 7.87. The highest BCUT2D eigenvalue weighted by atomic mass is 19.1. The quantitative estimate of drug-likeness (QED) is 0.586. The van der Waals surface area contributed by atoms with E-state index in [4.69, 9.17) is 10.1 Å². The number of para-hydroxylation sites is 2. The van der Waals surface area contributed by atoms with Crippen LogP contribution in [0.15, 0.2) is 29.1 Å². The Labute approximate surface area is 163 Å². The van der Waals surface area contributed by atoms with Crippen molar-refractivity contribution in [3.8, 4) is 0 Å². The van der Waals surface area contributed by atoms with Gasteiger partial charge in [0, 0.05) is 19.1 Å². The Balaban J connectivity index is 1.72. The summed E-state index contributed by atoms with van der Waals surface area (Å²) in [6, 6.07) is 7.60. The van der Waals surface area contributed by atoms with Crippen LogP contribution in [-0.4, -0.2) is 57.5 Å². The SMILES string of the molecule is CCOC(=O)C(=N)C(F)C(C)(C)N1CCC(n2c(=O)[nH]c3ccccc32)CC1. The van der Waals surface area contributed by atoms with Crippen molar-refractivity contribution in [1.29, 1.82) is 5.41 Å². The lowest BCUT2D eigenvalue weighted by atomic mass is 9.89. The summed E-state index contributed by atoms with van der Waals surface area (Å²) < 4.78 is 21.5. The first-order chi connectivity index (χ1) is 13.3. The van der Waals surface area contributed by atoms with Gasteiger partial charge in [0.1, 0.15) is 0 Å². The number of H-pyrrole nitrogens is 1. The number of rotatable bonds is 6. The molecule has 1 fully saturated rings. The van der Waals surface area contributed by atoms with Crippen molar-refractivity contribution in [2.24, 2.45) is 0 Å². The van der Waals surface area contributed by atoms with Crippen molar-refractivity contribution in [3.05, 3.63) is 34.7 Å². The number of esters is 1. The van der Waals surface area contributed by atoms with Gasteiger partial charge in [-0.05, 0) is 45.7 Å². The molecule has 0 bridgehead atoms. The van der Waals surface area contributed by atoms with Crippen LogP contribution in [0, 0.1) is 5.41 Å². The molecule has 0 saturated carbocycles. The van der Waals surface area contributed by atoms with Gasteiger partial charge in [-0.15, -0.1) is 0 Å². The third-order valence-corrected chi connectivity index (χ3v) is 5.64. The minimum Gasteiger partial charge on any atom is -0.461 e. The Morgan fingerprint density at radius 2 is 2.00 bits per heavy atom. The maximum atomic E-state index is 14.9. The lowest BCUT2D eigenvalue weighted by molar-refractivity contribution is -0.135. The summed E-state index contributed by atoms with van der Waals surface area (Å²) in [5, 5.41) is 7.82. The van der Waals surface area contributed by atoms with Crippen LogP contribution in [0.3, 0.4) is 0 Å². The second-order valence-corrected chi connectivity index (χ2v) is 7.69. The van der Waals surface area contributed by atoms with E-state index in [1.165, 1.54) is 0 Å². The first-order valence-corrected chi connectivity index (χ1v) is 9.61. The number of halogens is 1. The van der Waals surface area contributed by atoms with Gasteiger partial charge in [-0.2, -0.15) is 0 Å². The van der Waals surface area contributed by atoms with Crippen LogP contribution < -0.4 is 5.69 Å². The molecule has 1 aliphatic rings. The van der Waals surface area contributed by atoms with Gasteiger partial charge in [-0.25, -0.2) is 14.0 Å². The molecular weight excluding hydrogens is 363 g/mol. The van der Waals surface area contributed by atoms with E-state index in [0.717, 1.165) is 11.0 Å². The fourth-order valence-electron chi connectivity index (χ4n) is 3.96. The summed E-state index contributed by atoms with van der Waals surface area (Å²) in [5.41, 5.74) is -0.118. The molecule has 0 radical (unpaired) electrons. The molecule has 1 atom stereocenters. The molecule has 1 unspecified atom stereocenters. The summed E-state index contributed by atoms with van der Waals surface area (Å²) in [6.07, 6.45) is -0.381. The number of alkyl halides is 1. The van der Waals surface area contributed by atoms with Gasteiger partial charge < -0.3 is 9.72 Å². The molecule has 28 heavy (non-hydrogen) atoms. The zero-order valence-electron chi connectivity index (χ0n) is 16.5. The number of likely N-dealkylation sites (tertiary alicyclic amines) is 1. The number of nitrogens with one attached hydrogen (secondary N) is 2. The van der Waals surface area contributed by atoms with Crippen LogP contribution in [-0.2, 0) is 9.53 Å². The van der Waals surface area contributed by atoms with Crippen molar-refractivity contribution in [2.75, 3.05) is 19.7 Å². The number of piperidine rings is 1. The molecule has 152 valence electrons. The number of aromatic nitrogens is 2. The fourth-order valence-corrected chi connectivity index (χ4v) is 3.96. The van der Waals surface area contributed by atoms with Gasteiger partial charge in [0.2, 0.25) is 0 Å². The molecule has 1 aromatic carbocycles. The Bertz CT molecular complexity index is 925. The number of hydrogen-bond acceptors (Lipinski definition) is 5. The number of carbonyl (C=O) groups excluding carboxylic acids is 1. The molecule has 1 saturated heterocycles. The third kappa shape index (κ3) is 3.61. The van der Waals surface area contributed by atoms with Crippen molar-refractivity contribution in [3.63, 3.8) is 0 Å². The predicted molar refractivity (Wildman–Crippen MR) is 106 cm³/mol. The number of imidazole rings is 1. The highest BCUT2D eigenvalue weighted by Gasteiger charge is 2.42. The molecular formula is C20H27FN4O3. The number of hydrogen-bond donors (Lipinski definition) is 2. The number of aromatic amines is 1. The van der Waals surface area contributed by atoms with E-state index >= 15 is 0 Å². The monoisotopic (exact) mass is 390 g/mol. The minimum absolute atomic E-state index is 0.0262. The molecule has 0 amide bonds. The molecule has 8 heteroatoms. The first-order valence-electron chi connectivity index (χ1n) is 9.61. The third-order valence-electron chi connectivity index (χ3n) is 5.64. The van der Waals surface area contributed by atoms with Gasteiger partial charge >= 0.3 is 11.7 Å². The first kappa shape index (κ1) is 20.3. The van der Waals surface area contributed by atoms with Crippen molar-refractivity contribution in [1.82, 2.24) is 14.5 Å². The van der Waals surface area contributed by atoms with Crippen LogP contribution in [0.25, 0.3) is 11.0 Å². The standard InChI is InChI=1S/C20H27FN4O3/c1-4-28-18(26)16(22)17(21)20(2,3)24-11-9-13(10-12-24)25-15-8-6-5-7-14(15)23-19(25)27/h5-8,13,17,22H,4,9-12H2,1-3H3,(H,23,27). The maximum Gasteiger partial charge on any atom is 0.355 e. The van der Waals surface area contributed by atoms with E-state index in [0.29, 0.717) is 25.9 Å². The topological polar surface area (TPSA) is 91.2 Å². The van der Waals surface area contributed by atoms with E-state index in [9.17, 15) is 14.0 Å². The molecule has 1 aromatic heterocycles. The zero-order valence-corrected chi connectivity index (χ0v) is 16.5. The van der Waals surface area contributed by atoms with Crippen molar-refractivity contribution >= 4 is 22.7 Å². The Morgan fingerprint density at radius 3 is 2.64 bits per heavy atom. The van der Waals surface area contributed by atoms with Gasteiger partial charge in [-0.1, -0.05) is 12.1 Å². The van der Waals surface area contributed by atoms with Gasteiger partial charge in [0.05, 0.1) is 23.2 Å². The average molecular weight is 390 g/mol. The summed E-state index contributed by atoms with van der Waals surface area (Å²) in [4.78, 5) is 29.0. The Morgan fingerprint density at radius 1 is 1.36 bits per heavy atom. The van der Waals surface area contributed by atoms with Crippen molar-refractivity contribution in [2.45, 2.75) is 51.4 Å². The molecule has 2 aromatic rings. The van der Waals surface area contributed by atoms with E-state index in [1.807, 2.05) is 29.2 Å². The van der Waals surface area contributed by atoms with Crippen LogP contribution >= 0.6 is 0 Å². The molecule has 2 N–H and O–H groups in total. The smallest absolute Gasteiger partial charge is 0.355 e. The minimum atomic E-state index is -1.75. The van der Waals surface area contributed by atoms with Crippen molar-refractivity contribution < 1.29 is 13.9 Å². The molecule has 3 rings (SSSR count). The van der Waals surface area contributed by atoms with Crippen LogP contribution in [0.5, 0.6) is 0 Å². The summed E-state index contributed by atoms with van der Waals surface area (Å²) in [6.45, 7) is 6.27. The lowest BCUT2D eigenvalue weighted by Crippen LogP contribution is -2.57. The van der Waals surface area contributed by atoms with Gasteiger partial charge in [0.25, 0.3) is 0 Å². The van der Waals surface area contributed by atoms with E-state index in [-0.39, 0.29) is 18.3 Å². The second-order valence-electron chi connectivity index (χ2n) is 7.69. The maximum absolute atomic E-state index is 14.9. The van der Waals surface area contributed by atoms with E-state index in [1.54, 1.807) is 25.3 Å². The predicted octanol–water partition coefficient (Wildman–Crippen LogP) is 2.67. The number of fused-ring (bicyclic) bond motifs is 1. The molecule has 0 aliphatic carbocycles. The average Bonchev–Trinajstić information content (AvgIpc) is 3.02. The molecule has 0 spiro atoms. The van der Waals surface area contributed by atoms with Gasteiger partial charge in [-0.3, -0.25) is 14.9 Å². The molecule has 1 aliphatic heterocycles. The van der Waals surface area contributed by atoms with E-state index in [2.05, 4.69) is 4.98 Å². The summed E-state index contributed by atoms with van der Waals surface area (Å²) in [7, 11) is 0. The van der Waals surface area contributed by atoms with E-state index < -0.39 is 23.4 Å². The Hall–Kier alpha value is -2.48. The fraction of sp³-hybridized carbons (Fsp3) is 0.550. The van der Waals surface area contributed by atoms with Crippen LogP contribution in [0.2, 0.25) is 0 Å². The number of nitrogens with zero attached hydrogens (tertiary/aromatic N) is 2.